The summed E-state index contributed by atoms with van der Waals surface area (Å²) in [5.74, 6) is -0.311. The second kappa shape index (κ2) is 4.50. The highest BCUT2D eigenvalue weighted by Crippen LogP contribution is 2.38. The topological polar surface area (TPSA) is 68.9 Å². The van der Waals surface area contributed by atoms with Gasteiger partial charge in [0, 0.05) is 0 Å². The molecule has 100 valence electrons. The van der Waals surface area contributed by atoms with Gasteiger partial charge in [0.25, 0.3) is 5.76 Å². The van der Waals surface area contributed by atoms with Gasteiger partial charge in [0.2, 0.25) is 0 Å². The highest BCUT2D eigenvalue weighted by atomic mass is 16.5. The van der Waals surface area contributed by atoms with E-state index >= 15 is 0 Å². The molecule has 5 nitrogen and oxygen atoms in total. The summed E-state index contributed by atoms with van der Waals surface area (Å²) in [7, 11) is 1.56. The average Bonchev–Trinajstić information content (AvgIpc) is 2.71. The molecule has 19 heavy (non-hydrogen) atoms. The largest absolute Gasteiger partial charge is 0.497 e. The van der Waals surface area contributed by atoms with Gasteiger partial charge in [0.05, 0.1) is 18.6 Å². The van der Waals surface area contributed by atoms with Gasteiger partial charge in [-0.2, -0.15) is 0 Å². The highest BCUT2D eigenvalue weighted by Gasteiger charge is 2.27. The van der Waals surface area contributed by atoms with Gasteiger partial charge < -0.3 is 19.0 Å². The summed E-state index contributed by atoms with van der Waals surface area (Å²) >= 11 is 0. The SMILES string of the molecule is COc1ccc2oc(C(=O)O)c(OC3CCC3)c2c1. The van der Waals surface area contributed by atoms with Crippen molar-refractivity contribution < 1.29 is 23.8 Å². The molecule has 0 radical (unpaired) electrons. The van der Waals surface area contributed by atoms with Crippen LogP contribution in [0.2, 0.25) is 0 Å². The summed E-state index contributed by atoms with van der Waals surface area (Å²) in [6.07, 6.45) is 3.11. The Morgan fingerprint density at radius 3 is 2.79 bits per heavy atom. The van der Waals surface area contributed by atoms with Gasteiger partial charge in [0.1, 0.15) is 11.3 Å². The van der Waals surface area contributed by atoms with Crippen molar-refractivity contribution in [1.29, 1.82) is 0 Å². The van der Waals surface area contributed by atoms with E-state index in [4.69, 9.17) is 13.9 Å². The van der Waals surface area contributed by atoms with Gasteiger partial charge in [-0.3, -0.25) is 0 Å². The van der Waals surface area contributed by atoms with Crippen LogP contribution in [0.4, 0.5) is 0 Å². The van der Waals surface area contributed by atoms with E-state index in [9.17, 15) is 9.90 Å². The second-order valence-electron chi connectivity index (χ2n) is 4.60. The monoisotopic (exact) mass is 262 g/mol. The summed E-state index contributed by atoms with van der Waals surface area (Å²) in [5.41, 5.74) is 0.493. The van der Waals surface area contributed by atoms with Crippen molar-refractivity contribution in [3.63, 3.8) is 0 Å². The number of carbonyl (C=O) groups is 1. The third kappa shape index (κ3) is 2.01. The van der Waals surface area contributed by atoms with Gasteiger partial charge in [0.15, 0.2) is 5.75 Å². The Morgan fingerprint density at radius 2 is 2.21 bits per heavy atom. The highest BCUT2D eigenvalue weighted by molar-refractivity contribution is 5.98. The third-order valence-electron chi connectivity index (χ3n) is 3.38. The molecule has 1 aliphatic rings. The summed E-state index contributed by atoms with van der Waals surface area (Å²) in [5, 5.41) is 9.83. The van der Waals surface area contributed by atoms with Gasteiger partial charge >= 0.3 is 5.97 Å². The molecule has 0 atom stereocenters. The number of ether oxygens (including phenoxy) is 2. The van der Waals surface area contributed by atoms with E-state index in [0.29, 0.717) is 22.5 Å². The van der Waals surface area contributed by atoms with Crippen molar-refractivity contribution in [2.24, 2.45) is 0 Å². The van der Waals surface area contributed by atoms with Crippen molar-refractivity contribution in [2.75, 3.05) is 7.11 Å². The molecule has 1 aromatic heterocycles. The number of hydrogen-bond acceptors (Lipinski definition) is 4. The lowest BCUT2D eigenvalue weighted by Crippen LogP contribution is -2.25. The standard InChI is InChI=1S/C14H14O5/c1-17-9-5-6-11-10(7-9)12(13(19-11)14(15)16)18-8-3-2-4-8/h5-8H,2-4H2,1H3,(H,15,16). The molecule has 5 heteroatoms. The van der Waals surface area contributed by atoms with Crippen LogP contribution in [0.25, 0.3) is 11.0 Å². The minimum atomic E-state index is -1.12. The molecule has 1 saturated carbocycles. The first kappa shape index (κ1) is 11.9. The van der Waals surface area contributed by atoms with Gasteiger partial charge in [-0.1, -0.05) is 0 Å². The first-order valence-electron chi connectivity index (χ1n) is 6.19. The molecule has 2 aromatic rings. The van der Waals surface area contributed by atoms with E-state index in [2.05, 4.69) is 0 Å². The molecule has 0 amide bonds. The quantitative estimate of drug-likeness (QED) is 0.917. The zero-order chi connectivity index (χ0) is 13.4. The molecular formula is C14H14O5. The lowest BCUT2D eigenvalue weighted by Gasteiger charge is -2.26. The molecule has 1 heterocycles. The van der Waals surface area contributed by atoms with Crippen LogP contribution in [-0.2, 0) is 0 Å². The number of carboxylic acid groups (broad SMARTS) is 1. The number of methoxy groups -OCH3 is 1. The second-order valence-corrected chi connectivity index (χ2v) is 4.60. The van der Waals surface area contributed by atoms with Crippen molar-refractivity contribution >= 4 is 16.9 Å². The zero-order valence-electron chi connectivity index (χ0n) is 10.5. The number of benzene rings is 1. The Hall–Kier alpha value is -2.17. The summed E-state index contributed by atoms with van der Waals surface area (Å²) in [4.78, 5) is 11.2. The Morgan fingerprint density at radius 1 is 1.42 bits per heavy atom. The van der Waals surface area contributed by atoms with Gasteiger partial charge in [-0.15, -0.1) is 0 Å². The van der Waals surface area contributed by atoms with E-state index < -0.39 is 5.97 Å². The van der Waals surface area contributed by atoms with Crippen LogP contribution < -0.4 is 9.47 Å². The molecule has 3 rings (SSSR count). The number of rotatable bonds is 4. The molecule has 0 bridgehead atoms. The molecule has 1 N–H and O–H groups in total. The number of aromatic carboxylic acids is 1. The summed E-state index contributed by atoms with van der Waals surface area (Å²) in [6.45, 7) is 0. The predicted octanol–water partition coefficient (Wildman–Crippen LogP) is 3.07. The van der Waals surface area contributed by atoms with Crippen LogP contribution in [0.3, 0.4) is 0 Å². The summed E-state index contributed by atoms with van der Waals surface area (Å²) in [6, 6.07) is 5.15. The van der Waals surface area contributed by atoms with Crippen LogP contribution in [0.1, 0.15) is 29.8 Å². The van der Waals surface area contributed by atoms with Crippen molar-refractivity contribution in [2.45, 2.75) is 25.4 Å². The average molecular weight is 262 g/mol. The maximum absolute atomic E-state index is 11.2. The lowest BCUT2D eigenvalue weighted by atomic mass is 9.96. The fourth-order valence-corrected chi connectivity index (χ4v) is 2.09. The van der Waals surface area contributed by atoms with Crippen molar-refractivity contribution in [1.82, 2.24) is 0 Å². The molecular weight excluding hydrogens is 248 g/mol. The summed E-state index contributed by atoms with van der Waals surface area (Å²) < 4.78 is 16.3. The van der Waals surface area contributed by atoms with E-state index in [0.717, 1.165) is 19.3 Å². The molecule has 1 aliphatic carbocycles. The fraction of sp³-hybridized carbons (Fsp3) is 0.357. The Balaban J connectivity index is 2.11. The van der Waals surface area contributed by atoms with Crippen LogP contribution >= 0.6 is 0 Å². The maximum atomic E-state index is 11.2. The van der Waals surface area contributed by atoms with Crippen LogP contribution in [0.5, 0.6) is 11.5 Å². The zero-order valence-corrected chi connectivity index (χ0v) is 10.5. The van der Waals surface area contributed by atoms with E-state index in [1.54, 1.807) is 25.3 Å². The number of fused-ring (bicyclic) bond motifs is 1. The fourth-order valence-electron chi connectivity index (χ4n) is 2.09. The van der Waals surface area contributed by atoms with Crippen molar-refractivity contribution in [3.05, 3.63) is 24.0 Å². The Bertz CT molecular complexity index is 624. The van der Waals surface area contributed by atoms with E-state index in [1.165, 1.54) is 0 Å². The lowest BCUT2D eigenvalue weighted by molar-refractivity contribution is 0.0643. The molecule has 1 fully saturated rings. The van der Waals surface area contributed by atoms with Crippen LogP contribution in [0.15, 0.2) is 22.6 Å². The molecule has 0 unspecified atom stereocenters. The molecule has 0 aliphatic heterocycles. The normalized spacial score (nSPS) is 15.2. The number of carboxylic acids is 1. The maximum Gasteiger partial charge on any atom is 0.375 e. The van der Waals surface area contributed by atoms with E-state index in [1.807, 2.05) is 0 Å². The van der Waals surface area contributed by atoms with Crippen molar-refractivity contribution in [3.8, 4) is 11.5 Å². The molecule has 1 aromatic carbocycles. The minimum Gasteiger partial charge on any atom is -0.497 e. The molecule has 0 spiro atoms. The molecule has 0 saturated heterocycles. The van der Waals surface area contributed by atoms with E-state index in [-0.39, 0.29) is 11.9 Å². The minimum absolute atomic E-state index is 0.0881. The Kier molecular flexibility index (Phi) is 2.81. The number of hydrogen-bond donors (Lipinski definition) is 1. The third-order valence-corrected chi connectivity index (χ3v) is 3.38. The first-order chi connectivity index (χ1) is 9.19. The van der Waals surface area contributed by atoms with Crippen LogP contribution in [-0.4, -0.2) is 24.3 Å². The Labute approximate surface area is 109 Å². The number of furan rings is 1. The first-order valence-corrected chi connectivity index (χ1v) is 6.19. The van der Waals surface area contributed by atoms with Gasteiger partial charge in [-0.25, -0.2) is 4.79 Å². The smallest absolute Gasteiger partial charge is 0.375 e. The predicted molar refractivity (Wildman–Crippen MR) is 68.0 cm³/mol. The van der Waals surface area contributed by atoms with Crippen LogP contribution in [0, 0.1) is 0 Å². The van der Waals surface area contributed by atoms with Gasteiger partial charge in [-0.05, 0) is 37.5 Å².